The van der Waals surface area contributed by atoms with Gasteiger partial charge in [-0.15, -0.1) is 0 Å². The van der Waals surface area contributed by atoms with E-state index in [9.17, 15) is 14.4 Å². The molecule has 1 aliphatic rings. The van der Waals surface area contributed by atoms with E-state index in [1.54, 1.807) is 42.5 Å². The summed E-state index contributed by atoms with van der Waals surface area (Å²) in [6.07, 6.45) is 3.79. The minimum Gasteiger partial charge on any atom is -0.493 e. The van der Waals surface area contributed by atoms with Gasteiger partial charge >= 0.3 is 0 Å². The third-order valence-electron chi connectivity index (χ3n) is 6.34. The summed E-state index contributed by atoms with van der Waals surface area (Å²) >= 11 is 0.763. The van der Waals surface area contributed by atoms with Gasteiger partial charge in [0.25, 0.3) is 11.8 Å². The van der Waals surface area contributed by atoms with Crippen LogP contribution >= 0.6 is 11.5 Å². The largest absolute Gasteiger partial charge is 0.493 e. The highest BCUT2D eigenvalue weighted by Gasteiger charge is 2.37. The first kappa shape index (κ1) is 26.0. The second-order valence-corrected chi connectivity index (χ2v) is 9.43. The van der Waals surface area contributed by atoms with Crippen LogP contribution in [-0.2, 0) is 4.79 Å². The Morgan fingerprint density at radius 1 is 1.05 bits per heavy atom. The number of methoxy groups -OCH3 is 2. The predicted molar refractivity (Wildman–Crippen MR) is 141 cm³/mol. The monoisotopic (exact) mass is 523 g/mol. The molecule has 1 aliphatic carbocycles. The Hall–Kier alpha value is -4.12. The van der Waals surface area contributed by atoms with E-state index in [4.69, 9.17) is 20.9 Å². The van der Waals surface area contributed by atoms with Crippen molar-refractivity contribution in [2.75, 3.05) is 24.9 Å². The van der Waals surface area contributed by atoms with E-state index in [1.807, 2.05) is 6.07 Å². The van der Waals surface area contributed by atoms with Crippen LogP contribution in [0.4, 0.5) is 11.4 Å². The molecular weight excluding hydrogens is 494 g/mol. The lowest BCUT2D eigenvalue weighted by Gasteiger charge is -2.32. The third kappa shape index (κ3) is 5.36. The van der Waals surface area contributed by atoms with E-state index in [0.717, 1.165) is 37.2 Å². The van der Waals surface area contributed by atoms with E-state index in [1.165, 1.54) is 19.1 Å². The van der Waals surface area contributed by atoms with Crippen LogP contribution in [0.25, 0.3) is 0 Å². The number of nitrogens with one attached hydrogen (secondary N) is 1. The van der Waals surface area contributed by atoms with E-state index < -0.39 is 17.9 Å². The number of hydrogen-bond acceptors (Lipinski definition) is 8. The number of hydrogen-bond donors (Lipinski definition) is 3. The van der Waals surface area contributed by atoms with E-state index in [2.05, 4.69) is 9.69 Å². The number of anilines is 2. The van der Waals surface area contributed by atoms with Crippen molar-refractivity contribution in [3.63, 3.8) is 0 Å². The first-order valence-corrected chi connectivity index (χ1v) is 12.6. The zero-order valence-corrected chi connectivity index (χ0v) is 21.4. The van der Waals surface area contributed by atoms with Crippen LogP contribution in [-0.4, -0.2) is 42.4 Å². The summed E-state index contributed by atoms with van der Waals surface area (Å²) < 4.78 is 14.8. The lowest BCUT2D eigenvalue weighted by atomic mass is 10.0. The predicted octanol–water partition coefficient (Wildman–Crippen LogP) is 3.29. The second kappa shape index (κ2) is 11.3. The van der Waals surface area contributed by atoms with Gasteiger partial charge in [-0.3, -0.25) is 19.3 Å². The van der Waals surface area contributed by atoms with Gasteiger partial charge in [-0.1, -0.05) is 37.1 Å². The summed E-state index contributed by atoms with van der Waals surface area (Å²) in [6, 6.07) is 12.8. The molecule has 1 atom stereocenters. The van der Waals surface area contributed by atoms with Crippen molar-refractivity contribution in [2.45, 2.75) is 37.8 Å². The standard InChI is InChI=1S/C26H29N5O5S/c1-35-18-13-12-15(14-19(18)36-2)22(25(33)29-16-8-6-7-9-16)31(17-10-4-3-5-11-17)26(34)23-20(27)21(24(28)32)30-37-23/h3-5,10-14,16,22H,6-9,27H2,1-2H3,(H2,28,32)(H,29,33)/t22-/m1/s1. The molecule has 3 aromatic rings. The van der Waals surface area contributed by atoms with E-state index in [0.29, 0.717) is 22.7 Å². The summed E-state index contributed by atoms with van der Waals surface area (Å²) in [6.45, 7) is 0. The Balaban J connectivity index is 1.87. The molecule has 3 amide bonds. The Morgan fingerprint density at radius 2 is 1.73 bits per heavy atom. The van der Waals surface area contributed by atoms with Crippen LogP contribution in [0.1, 0.15) is 57.4 Å². The van der Waals surface area contributed by atoms with Crippen molar-refractivity contribution in [3.8, 4) is 11.5 Å². The Bertz CT molecular complexity index is 1290. The van der Waals surface area contributed by atoms with Gasteiger partial charge in [0.1, 0.15) is 10.9 Å². The van der Waals surface area contributed by atoms with Crippen LogP contribution in [0, 0.1) is 0 Å². The van der Waals surface area contributed by atoms with Gasteiger partial charge in [0.2, 0.25) is 5.91 Å². The molecule has 5 N–H and O–H groups in total. The number of carbonyl (C=O) groups excluding carboxylic acids is 3. The number of benzene rings is 2. The molecule has 0 aliphatic heterocycles. The van der Waals surface area contributed by atoms with Gasteiger partial charge in [0.05, 0.1) is 19.9 Å². The fourth-order valence-corrected chi connectivity index (χ4v) is 5.24. The van der Waals surface area contributed by atoms with Crippen molar-refractivity contribution in [2.24, 2.45) is 5.73 Å². The van der Waals surface area contributed by atoms with Crippen LogP contribution in [0.5, 0.6) is 11.5 Å². The van der Waals surface area contributed by atoms with Crippen LogP contribution in [0.3, 0.4) is 0 Å². The molecule has 2 aromatic carbocycles. The number of amides is 3. The molecule has 1 heterocycles. The van der Waals surface area contributed by atoms with E-state index in [-0.39, 0.29) is 28.2 Å². The smallest absolute Gasteiger partial charge is 0.273 e. The molecular formula is C26H29N5O5S. The molecule has 10 nitrogen and oxygen atoms in total. The molecule has 0 spiro atoms. The number of nitrogen functional groups attached to an aromatic ring is 1. The number of carbonyl (C=O) groups is 3. The van der Waals surface area contributed by atoms with Crippen LogP contribution < -0.4 is 31.2 Å². The molecule has 1 saturated carbocycles. The fraction of sp³-hybridized carbons (Fsp3) is 0.308. The van der Waals surface area contributed by atoms with Crippen molar-refractivity contribution in [1.29, 1.82) is 0 Å². The molecule has 4 rings (SSSR count). The average Bonchev–Trinajstić information content (AvgIpc) is 3.56. The number of ether oxygens (including phenoxy) is 2. The average molecular weight is 524 g/mol. The number of aromatic nitrogens is 1. The zero-order valence-electron chi connectivity index (χ0n) is 20.6. The maximum absolute atomic E-state index is 14.1. The fourth-order valence-electron chi connectivity index (χ4n) is 4.50. The Kier molecular flexibility index (Phi) is 7.92. The van der Waals surface area contributed by atoms with Gasteiger partial charge in [-0.25, -0.2) is 0 Å². The van der Waals surface area contributed by atoms with Gasteiger partial charge < -0.3 is 26.3 Å². The first-order valence-electron chi connectivity index (χ1n) is 11.8. The maximum atomic E-state index is 14.1. The molecule has 0 radical (unpaired) electrons. The van der Waals surface area contributed by atoms with Crippen LogP contribution in [0.2, 0.25) is 0 Å². The lowest BCUT2D eigenvalue weighted by Crippen LogP contribution is -2.46. The molecule has 0 unspecified atom stereocenters. The van der Waals surface area contributed by atoms with Crippen molar-refractivity contribution >= 4 is 40.6 Å². The highest BCUT2D eigenvalue weighted by Crippen LogP contribution is 2.37. The molecule has 1 fully saturated rings. The normalized spacial score (nSPS) is 14.1. The molecule has 194 valence electrons. The summed E-state index contributed by atoms with van der Waals surface area (Å²) in [5.41, 5.74) is 12.2. The summed E-state index contributed by atoms with van der Waals surface area (Å²) in [5, 5.41) is 3.12. The highest BCUT2D eigenvalue weighted by atomic mass is 32.1. The quantitative estimate of drug-likeness (QED) is 0.389. The SMILES string of the molecule is COc1ccc([C@H](C(=O)NC2CCCC2)N(C(=O)c2snc(C(N)=O)c2N)c2ccccc2)cc1OC. The molecule has 1 aromatic heterocycles. The van der Waals surface area contributed by atoms with Gasteiger partial charge in [-0.05, 0) is 54.2 Å². The minimum atomic E-state index is -1.09. The molecule has 0 bridgehead atoms. The maximum Gasteiger partial charge on any atom is 0.273 e. The van der Waals surface area contributed by atoms with Gasteiger partial charge in [-0.2, -0.15) is 4.37 Å². The highest BCUT2D eigenvalue weighted by molar-refractivity contribution is 7.09. The lowest BCUT2D eigenvalue weighted by molar-refractivity contribution is -0.123. The Morgan fingerprint density at radius 3 is 2.32 bits per heavy atom. The summed E-state index contributed by atoms with van der Waals surface area (Å²) in [4.78, 5) is 41.1. The van der Waals surface area contributed by atoms with Gasteiger partial charge in [0, 0.05) is 11.7 Å². The second-order valence-electron chi connectivity index (χ2n) is 8.66. The van der Waals surface area contributed by atoms with Crippen molar-refractivity contribution in [1.82, 2.24) is 9.69 Å². The van der Waals surface area contributed by atoms with Gasteiger partial charge in [0.15, 0.2) is 17.2 Å². The third-order valence-corrected chi connectivity index (χ3v) is 7.19. The number of rotatable bonds is 9. The topological polar surface area (TPSA) is 150 Å². The summed E-state index contributed by atoms with van der Waals surface area (Å²) in [7, 11) is 3.02. The number of nitrogens with zero attached hydrogens (tertiary/aromatic N) is 2. The zero-order chi connectivity index (χ0) is 26.5. The first-order chi connectivity index (χ1) is 17.8. The molecule has 37 heavy (non-hydrogen) atoms. The Labute approximate surface area is 218 Å². The summed E-state index contributed by atoms with van der Waals surface area (Å²) in [5.74, 6) is -0.886. The minimum absolute atomic E-state index is 0.0109. The molecule has 0 saturated heterocycles. The number of para-hydroxylation sites is 1. The van der Waals surface area contributed by atoms with Crippen molar-refractivity contribution < 1.29 is 23.9 Å². The van der Waals surface area contributed by atoms with Crippen LogP contribution in [0.15, 0.2) is 48.5 Å². The van der Waals surface area contributed by atoms with E-state index >= 15 is 0 Å². The molecule has 11 heteroatoms. The number of nitrogens with two attached hydrogens (primary N) is 2. The van der Waals surface area contributed by atoms with Crippen molar-refractivity contribution in [3.05, 3.63) is 64.7 Å². The number of primary amides is 1.